The highest BCUT2D eigenvalue weighted by Crippen LogP contribution is 2.31. The molecule has 0 aromatic rings. The van der Waals surface area contributed by atoms with Gasteiger partial charge in [-0.2, -0.15) is 0 Å². The summed E-state index contributed by atoms with van der Waals surface area (Å²) in [4.78, 5) is 15.2. The second kappa shape index (κ2) is 5.47. The maximum Gasteiger partial charge on any atom is 0.308 e. The fourth-order valence-corrected chi connectivity index (χ4v) is 2.10. The highest BCUT2D eigenvalue weighted by molar-refractivity contribution is 5.72. The van der Waals surface area contributed by atoms with E-state index >= 15 is 0 Å². The zero-order valence-electron chi connectivity index (χ0n) is 9.94. The Morgan fingerprint density at radius 2 is 1.93 bits per heavy atom. The van der Waals surface area contributed by atoms with Crippen LogP contribution >= 0.6 is 0 Å². The van der Waals surface area contributed by atoms with Gasteiger partial charge < -0.3 is 14.9 Å². The second-order valence-electron chi connectivity index (χ2n) is 4.73. The Kier molecular flexibility index (Phi) is 4.54. The van der Waals surface area contributed by atoms with E-state index < -0.39 is 5.97 Å². The van der Waals surface area contributed by atoms with Crippen molar-refractivity contribution in [2.24, 2.45) is 5.92 Å². The van der Waals surface area contributed by atoms with Gasteiger partial charge in [-0.1, -0.05) is 0 Å². The number of rotatable bonds is 6. The Balaban J connectivity index is 2.22. The highest BCUT2D eigenvalue weighted by Gasteiger charge is 2.38. The summed E-state index contributed by atoms with van der Waals surface area (Å²) in [5, 5.41) is 8.93. The minimum absolute atomic E-state index is 0.130. The van der Waals surface area contributed by atoms with Crippen LogP contribution in [-0.4, -0.2) is 61.2 Å². The van der Waals surface area contributed by atoms with Crippen LogP contribution in [-0.2, 0) is 4.79 Å². The van der Waals surface area contributed by atoms with Crippen LogP contribution in [0.2, 0.25) is 0 Å². The van der Waals surface area contributed by atoms with Gasteiger partial charge in [0.15, 0.2) is 0 Å². The van der Waals surface area contributed by atoms with Crippen molar-refractivity contribution in [1.82, 2.24) is 9.80 Å². The molecular weight excluding hydrogens is 192 g/mol. The first-order valence-electron chi connectivity index (χ1n) is 5.60. The van der Waals surface area contributed by atoms with Crippen LogP contribution in [0.25, 0.3) is 0 Å². The van der Waals surface area contributed by atoms with Crippen LogP contribution < -0.4 is 0 Å². The molecule has 1 aliphatic rings. The topological polar surface area (TPSA) is 43.8 Å². The van der Waals surface area contributed by atoms with E-state index in [1.807, 2.05) is 7.05 Å². The smallest absolute Gasteiger partial charge is 0.308 e. The predicted molar refractivity (Wildman–Crippen MR) is 59.9 cm³/mol. The van der Waals surface area contributed by atoms with Gasteiger partial charge in [0.05, 0.1) is 5.92 Å². The number of carboxylic acid groups (broad SMARTS) is 1. The summed E-state index contributed by atoms with van der Waals surface area (Å²) in [6.07, 6.45) is 2.99. The van der Waals surface area contributed by atoms with Crippen molar-refractivity contribution in [3.8, 4) is 0 Å². The molecule has 15 heavy (non-hydrogen) atoms. The van der Waals surface area contributed by atoms with E-state index in [4.69, 9.17) is 5.11 Å². The van der Waals surface area contributed by atoms with Crippen LogP contribution in [0.3, 0.4) is 0 Å². The van der Waals surface area contributed by atoms with E-state index in [0.717, 1.165) is 32.4 Å². The number of carbonyl (C=O) groups is 1. The van der Waals surface area contributed by atoms with Crippen LogP contribution in [0.1, 0.15) is 19.3 Å². The van der Waals surface area contributed by atoms with Crippen molar-refractivity contribution in [1.29, 1.82) is 0 Å². The Morgan fingerprint density at radius 1 is 1.27 bits per heavy atom. The predicted octanol–water partition coefficient (Wildman–Crippen LogP) is 0.733. The molecule has 0 bridgehead atoms. The lowest BCUT2D eigenvalue weighted by molar-refractivity contribution is -0.148. The first-order chi connectivity index (χ1) is 7.02. The second-order valence-corrected chi connectivity index (χ2v) is 4.73. The Labute approximate surface area is 91.9 Å². The summed E-state index contributed by atoms with van der Waals surface area (Å²) < 4.78 is 0. The third kappa shape index (κ3) is 3.47. The Morgan fingerprint density at radius 3 is 2.33 bits per heavy atom. The van der Waals surface area contributed by atoms with Crippen LogP contribution in [0.4, 0.5) is 0 Å². The van der Waals surface area contributed by atoms with Crippen molar-refractivity contribution >= 4 is 5.97 Å². The standard InChI is InChI=1S/C11H22N2O2/c1-12(2)7-4-8-13(3)10-6-5-9(10)11(14)15/h9-10H,4-8H2,1-3H3,(H,14,15). The number of carboxylic acids is 1. The highest BCUT2D eigenvalue weighted by atomic mass is 16.4. The molecule has 0 aliphatic heterocycles. The first-order valence-corrected chi connectivity index (χ1v) is 5.60. The number of aliphatic carboxylic acids is 1. The lowest BCUT2D eigenvalue weighted by atomic mass is 9.78. The molecule has 1 rings (SSSR count). The molecule has 2 atom stereocenters. The lowest BCUT2D eigenvalue weighted by Gasteiger charge is -2.40. The summed E-state index contributed by atoms with van der Waals surface area (Å²) in [5.74, 6) is -0.764. The summed E-state index contributed by atoms with van der Waals surface area (Å²) >= 11 is 0. The average molecular weight is 214 g/mol. The average Bonchev–Trinajstić information content (AvgIpc) is 1.99. The summed E-state index contributed by atoms with van der Waals surface area (Å²) in [6, 6.07) is 0.268. The third-order valence-electron chi connectivity index (χ3n) is 3.24. The molecule has 0 heterocycles. The van der Waals surface area contributed by atoms with Gasteiger partial charge in [-0.25, -0.2) is 0 Å². The van der Waals surface area contributed by atoms with Gasteiger partial charge in [0.1, 0.15) is 0 Å². The van der Waals surface area contributed by atoms with Crippen LogP contribution in [0.5, 0.6) is 0 Å². The van der Waals surface area contributed by atoms with E-state index in [1.165, 1.54) is 0 Å². The molecule has 1 saturated carbocycles. The van der Waals surface area contributed by atoms with E-state index in [9.17, 15) is 4.79 Å². The van der Waals surface area contributed by atoms with Gasteiger partial charge >= 0.3 is 5.97 Å². The Hall–Kier alpha value is -0.610. The van der Waals surface area contributed by atoms with Gasteiger partial charge in [-0.3, -0.25) is 4.79 Å². The molecule has 0 aromatic heterocycles. The number of hydrogen-bond donors (Lipinski definition) is 1. The monoisotopic (exact) mass is 214 g/mol. The zero-order valence-corrected chi connectivity index (χ0v) is 9.94. The maximum absolute atomic E-state index is 10.8. The van der Waals surface area contributed by atoms with E-state index in [1.54, 1.807) is 0 Å². The molecule has 0 radical (unpaired) electrons. The first kappa shape index (κ1) is 12.5. The minimum atomic E-state index is -0.634. The molecule has 0 aromatic carbocycles. The van der Waals surface area contributed by atoms with Crippen LogP contribution in [0, 0.1) is 5.92 Å². The summed E-state index contributed by atoms with van der Waals surface area (Å²) in [5.41, 5.74) is 0. The van der Waals surface area contributed by atoms with Gasteiger partial charge in [0.2, 0.25) is 0 Å². The van der Waals surface area contributed by atoms with Crippen molar-refractivity contribution in [2.45, 2.75) is 25.3 Å². The minimum Gasteiger partial charge on any atom is -0.481 e. The Bertz CT molecular complexity index is 219. The van der Waals surface area contributed by atoms with Crippen molar-refractivity contribution < 1.29 is 9.90 Å². The summed E-state index contributed by atoms with van der Waals surface area (Å²) in [6.45, 7) is 2.06. The third-order valence-corrected chi connectivity index (χ3v) is 3.24. The van der Waals surface area contributed by atoms with Gasteiger partial charge in [-0.15, -0.1) is 0 Å². The molecule has 1 aliphatic carbocycles. The van der Waals surface area contributed by atoms with Gasteiger partial charge in [0, 0.05) is 6.04 Å². The van der Waals surface area contributed by atoms with Crippen molar-refractivity contribution in [2.75, 3.05) is 34.2 Å². The van der Waals surface area contributed by atoms with E-state index in [-0.39, 0.29) is 12.0 Å². The summed E-state index contributed by atoms with van der Waals surface area (Å²) in [7, 11) is 6.15. The normalized spacial score (nSPS) is 25.7. The maximum atomic E-state index is 10.8. The fraction of sp³-hybridized carbons (Fsp3) is 0.909. The van der Waals surface area contributed by atoms with Crippen molar-refractivity contribution in [3.05, 3.63) is 0 Å². The van der Waals surface area contributed by atoms with Gasteiger partial charge in [-0.05, 0) is 53.5 Å². The molecule has 0 spiro atoms. The molecule has 0 saturated heterocycles. The largest absolute Gasteiger partial charge is 0.481 e. The molecule has 4 heteroatoms. The zero-order chi connectivity index (χ0) is 11.4. The number of nitrogens with zero attached hydrogens (tertiary/aromatic N) is 2. The molecular formula is C11H22N2O2. The molecule has 88 valence electrons. The van der Waals surface area contributed by atoms with Crippen LogP contribution in [0.15, 0.2) is 0 Å². The SMILES string of the molecule is CN(C)CCCN(C)C1CCC1C(=O)O. The fourth-order valence-electron chi connectivity index (χ4n) is 2.10. The van der Waals surface area contributed by atoms with E-state index in [2.05, 4.69) is 23.9 Å². The molecule has 1 fully saturated rings. The molecule has 1 N–H and O–H groups in total. The molecule has 2 unspecified atom stereocenters. The lowest BCUT2D eigenvalue weighted by Crippen LogP contribution is -2.49. The number of hydrogen-bond acceptors (Lipinski definition) is 3. The molecule has 0 amide bonds. The van der Waals surface area contributed by atoms with E-state index in [0.29, 0.717) is 0 Å². The van der Waals surface area contributed by atoms with Crippen molar-refractivity contribution in [3.63, 3.8) is 0 Å². The molecule has 4 nitrogen and oxygen atoms in total. The quantitative estimate of drug-likeness (QED) is 0.708. The van der Waals surface area contributed by atoms with Gasteiger partial charge in [0.25, 0.3) is 0 Å².